The minimum absolute atomic E-state index is 0.522. The maximum atomic E-state index is 5.84. The summed E-state index contributed by atoms with van der Waals surface area (Å²) in [6.45, 7) is 9.69. The molecule has 0 aromatic heterocycles. The Morgan fingerprint density at radius 2 is 1.80 bits per heavy atom. The molecule has 0 radical (unpaired) electrons. The van der Waals surface area contributed by atoms with Crippen molar-refractivity contribution in [2.45, 2.75) is 58.7 Å². The number of ether oxygens (including phenoxy) is 1. The van der Waals surface area contributed by atoms with Gasteiger partial charge in [-0.2, -0.15) is 0 Å². The molecule has 2 rings (SSSR count). The maximum absolute atomic E-state index is 5.84. The molecular formula is C18H29NO. The van der Waals surface area contributed by atoms with E-state index in [4.69, 9.17) is 4.74 Å². The average molecular weight is 275 g/mol. The largest absolute Gasteiger partial charge is 0.374 e. The highest BCUT2D eigenvalue weighted by molar-refractivity contribution is 5.25. The molecule has 20 heavy (non-hydrogen) atoms. The number of hydrogen-bond acceptors (Lipinski definition) is 2. The van der Waals surface area contributed by atoms with Crippen LogP contribution in [-0.2, 0) is 11.3 Å². The van der Waals surface area contributed by atoms with E-state index in [2.05, 4.69) is 50.4 Å². The average Bonchev–Trinajstić information content (AvgIpc) is 2.37. The van der Waals surface area contributed by atoms with Crippen LogP contribution < -0.4 is 5.32 Å². The smallest absolute Gasteiger partial charge is 0.0720 e. The van der Waals surface area contributed by atoms with E-state index in [1.165, 1.54) is 30.4 Å². The molecule has 112 valence electrons. The summed E-state index contributed by atoms with van der Waals surface area (Å²) in [5.74, 6) is 1.28. The lowest BCUT2D eigenvalue weighted by Crippen LogP contribution is -2.24. The van der Waals surface area contributed by atoms with Crippen LogP contribution in [0.3, 0.4) is 0 Å². The van der Waals surface area contributed by atoms with Crippen LogP contribution in [-0.4, -0.2) is 19.2 Å². The quantitative estimate of drug-likeness (QED) is 0.771. The first-order valence-electron chi connectivity index (χ1n) is 8.06. The van der Waals surface area contributed by atoms with E-state index in [9.17, 15) is 0 Å². The first kappa shape index (κ1) is 15.5. The maximum Gasteiger partial charge on any atom is 0.0720 e. The zero-order valence-corrected chi connectivity index (χ0v) is 13.2. The van der Waals surface area contributed by atoms with Gasteiger partial charge in [-0.3, -0.25) is 0 Å². The van der Waals surface area contributed by atoms with Gasteiger partial charge >= 0.3 is 0 Å². The van der Waals surface area contributed by atoms with Crippen molar-refractivity contribution in [3.05, 3.63) is 35.4 Å². The topological polar surface area (TPSA) is 21.3 Å². The molecule has 1 fully saturated rings. The first-order chi connectivity index (χ1) is 9.65. The molecular weight excluding hydrogens is 246 g/mol. The van der Waals surface area contributed by atoms with Crippen LogP contribution in [0.2, 0.25) is 0 Å². The Balaban J connectivity index is 1.74. The van der Waals surface area contributed by atoms with Gasteiger partial charge in [0.1, 0.15) is 0 Å². The zero-order chi connectivity index (χ0) is 14.4. The van der Waals surface area contributed by atoms with Crippen molar-refractivity contribution in [1.29, 1.82) is 0 Å². The van der Waals surface area contributed by atoms with Crippen LogP contribution in [0.5, 0.6) is 0 Å². The zero-order valence-electron chi connectivity index (χ0n) is 13.2. The fraction of sp³-hybridized carbons (Fsp3) is 0.667. The number of nitrogens with one attached hydrogen (secondary N) is 1. The molecule has 1 atom stereocenters. The van der Waals surface area contributed by atoms with Crippen molar-refractivity contribution in [2.75, 3.05) is 13.1 Å². The summed E-state index contributed by atoms with van der Waals surface area (Å²) in [6.07, 6.45) is 4.35. The highest BCUT2D eigenvalue weighted by Crippen LogP contribution is 2.23. The fourth-order valence-corrected chi connectivity index (χ4v) is 2.40. The van der Waals surface area contributed by atoms with Gasteiger partial charge in [-0.25, -0.2) is 0 Å². The number of rotatable bonds is 8. The lowest BCUT2D eigenvalue weighted by atomic mass is 9.96. The van der Waals surface area contributed by atoms with Crippen LogP contribution in [0, 0.1) is 5.92 Å². The lowest BCUT2D eigenvalue weighted by molar-refractivity contribution is -0.00866. The molecule has 0 amide bonds. The van der Waals surface area contributed by atoms with Crippen molar-refractivity contribution in [3.63, 3.8) is 0 Å². The van der Waals surface area contributed by atoms with E-state index < -0.39 is 0 Å². The molecule has 1 unspecified atom stereocenters. The van der Waals surface area contributed by atoms with Gasteiger partial charge < -0.3 is 10.1 Å². The number of benzene rings is 1. The van der Waals surface area contributed by atoms with Gasteiger partial charge in [-0.15, -0.1) is 0 Å². The second-order valence-electron chi connectivity index (χ2n) is 6.56. The van der Waals surface area contributed by atoms with E-state index in [0.29, 0.717) is 17.9 Å². The predicted molar refractivity (Wildman–Crippen MR) is 85.0 cm³/mol. The van der Waals surface area contributed by atoms with E-state index >= 15 is 0 Å². The molecule has 1 aliphatic carbocycles. The first-order valence-corrected chi connectivity index (χ1v) is 8.06. The molecule has 0 spiro atoms. The van der Waals surface area contributed by atoms with E-state index in [0.717, 1.165) is 19.7 Å². The highest BCUT2D eigenvalue weighted by Gasteiger charge is 2.17. The SMILES string of the molecule is CC(C)CNCC(C)c1ccc(COC2CCC2)cc1. The van der Waals surface area contributed by atoms with Gasteiger partial charge in [0.05, 0.1) is 12.7 Å². The van der Waals surface area contributed by atoms with Crippen LogP contribution in [0.25, 0.3) is 0 Å². The molecule has 1 saturated carbocycles. The van der Waals surface area contributed by atoms with Crippen molar-refractivity contribution in [1.82, 2.24) is 5.32 Å². The standard InChI is InChI=1S/C18H29NO/c1-14(2)11-19-12-15(3)17-9-7-16(8-10-17)13-20-18-5-4-6-18/h7-10,14-15,18-19H,4-6,11-13H2,1-3H3. The summed E-state index contributed by atoms with van der Waals surface area (Å²) in [6, 6.07) is 8.93. The Kier molecular flexibility index (Phi) is 6.06. The lowest BCUT2D eigenvalue weighted by Gasteiger charge is -2.25. The third-order valence-corrected chi connectivity index (χ3v) is 4.09. The molecule has 1 N–H and O–H groups in total. The summed E-state index contributed by atoms with van der Waals surface area (Å²) in [5.41, 5.74) is 2.71. The molecule has 0 bridgehead atoms. The third kappa shape index (κ3) is 4.92. The minimum atomic E-state index is 0.522. The summed E-state index contributed by atoms with van der Waals surface area (Å²) in [5, 5.41) is 3.53. The highest BCUT2D eigenvalue weighted by atomic mass is 16.5. The van der Waals surface area contributed by atoms with Crippen molar-refractivity contribution >= 4 is 0 Å². The Labute approximate surface area is 123 Å². The molecule has 0 aliphatic heterocycles. The minimum Gasteiger partial charge on any atom is -0.374 e. The van der Waals surface area contributed by atoms with Gasteiger partial charge in [0.15, 0.2) is 0 Å². The Hall–Kier alpha value is -0.860. The molecule has 1 aliphatic rings. The predicted octanol–water partition coefficient (Wildman–Crippen LogP) is 4.10. The van der Waals surface area contributed by atoms with E-state index in [1.807, 2.05) is 0 Å². The van der Waals surface area contributed by atoms with E-state index in [-0.39, 0.29) is 0 Å². The van der Waals surface area contributed by atoms with Gasteiger partial charge in [-0.05, 0) is 48.8 Å². The van der Waals surface area contributed by atoms with Crippen LogP contribution >= 0.6 is 0 Å². The normalized spacial score (nSPS) is 17.2. The number of hydrogen-bond donors (Lipinski definition) is 1. The van der Waals surface area contributed by atoms with Gasteiger partial charge in [0, 0.05) is 6.54 Å². The summed E-state index contributed by atoms with van der Waals surface area (Å²) >= 11 is 0. The van der Waals surface area contributed by atoms with Gasteiger partial charge in [-0.1, -0.05) is 45.0 Å². The summed E-state index contributed by atoms with van der Waals surface area (Å²) < 4.78 is 5.84. The summed E-state index contributed by atoms with van der Waals surface area (Å²) in [4.78, 5) is 0. The Morgan fingerprint density at radius 1 is 1.10 bits per heavy atom. The Bertz CT molecular complexity index is 381. The second-order valence-corrected chi connectivity index (χ2v) is 6.56. The second kappa shape index (κ2) is 7.80. The van der Waals surface area contributed by atoms with Crippen LogP contribution in [0.4, 0.5) is 0 Å². The molecule has 1 aromatic rings. The van der Waals surface area contributed by atoms with E-state index in [1.54, 1.807) is 0 Å². The molecule has 0 heterocycles. The summed E-state index contributed by atoms with van der Waals surface area (Å²) in [7, 11) is 0. The van der Waals surface area contributed by atoms with Crippen molar-refractivity contribution < 1.29 is 4.74 Å². The monoisotopic (exact) mass is 275 g/mol. The third-order valence-electron chi connectivity index (χ3n) is 4.09. The molecule has 2 nitrogen and oxygen atoms in total. The van der Waals surface area contributed by atoms with Crippen LogP contribution in [0.1, 0.15) is 57.1 Å². The van der Waals surface area contributed by atoms with Gasteiger partial charge in [0.2, 0.25) is 0 Å². The molecule has 2 heteroatoms. The fourth-order valence-electron chi connectivity index (χ4n) is 2.40. The van der Waals surface area contributed by atoms with Crippen molar-refractivity contribution in [2.24, 2.45) is 5.92 Å². The van der Waals surface area contributed by atoms with Crippen LogP contribution in [0.15, 0.2) is 24.3 Å². The van der Waals surface area contributed by atoms with Gasteiger partial charge in [0.25, 0.3) is 0 Å². The van der Waals surface area contributed by atoms with Crippen molar-refractivity contribution in [3.8, 4) is 0 Å². The molecule has 1 aromatic carbocycles. The molecule has 0 saturated heterocycles. The Morgan fingerprint density at radius 3 is 2.35 bits per heavy atom.